The van der Waals surface area contributed by atoms with Crippen molar-refractivity contribution in [2.75, 3.05) is 51.6 Å². The summed E-state index contributed by atoms with van der Waals surface area (Å²) in [6.45, 7) is 4.02. The average Bonchev–Trinajstić information content (AvgIpc) is 2.53. The molecule has 1 fully saturated rings. The molecule has 23 heavy (non-hydrogen) atoms. The second kappa shape index (κ2) is 8.86. The first kappa shape index (κ1) is 17.7. The lowest BCUT2D eigenvalue weighted by molar-refractivity contribution is -0.132. The van der Waals surface area contributed by atoms with Gasteiger partial charge < -0.3 is 15.5 Å². The molecule has 126 valence electrons. The predicted molar refractivity (Wildman–Crippen MR) is 91.6 cm³/mol. The lowest BCUT2D eigenvalue weighted by Gasteiger charge is -2.28. The Labute approximate surface area is 141 Å². The molecule has 0 aromatic heterocycles. The van der Waals surface area contributed by atoms with Gasteiger partial charge in [0, 0.05) is 49.9 Å². The van der Waals surface area contributed by atoms with Gasteiger partial charge in [-0.05, 0) is 25.2 Å². The molecule has 1 aromatic carbocycles. The van der Waals surface area contributed by atoms with E-state index in [0.717, 1.165) is 26.2 Å². The summed E-state index contributed by atoms with van der Waals surface area (Å²) in [4.78, 5) is 27.8. The van der Waals surface area contributed by atoms with E-state index in [0.29, 0.717) is 23.7 Å². The number of piperazine rings is 1. The van der Waals surface area contributed by atoms with E-state index >= 15 is 0 Å². The molecule has 0 radical (unpaired) electrons. The van der Waals surface area contributed by atoms with Crippen LogP contribution in [0, 0.1) is 0 Å². The highest BCUT2D eigenvalue weighted by atomic mass is 35.5. The van der Waals surface area contributed by atoms with Gasteiger partial charge in [0.05, 0.1) is 6.54 Å². The minimum absolute atomic E-state index is 0.121. The monoisotopic (exact) mass is 338 g/mol. The van der Waals surface area contributed by atoms with Crippen LogP contribution < -0.4 is 10.6 Å². The SMILES string of the molecule is CN(CCC(=O)N1CCNCC1)CC(=O)Nc1cccc(Cl)c1. The van der Waals surface area contributed by atoms with E-state index in [-0.39, 0.29) is 18.4 Å². The van der Waals surface area contributed by atoms with Crippen LogP contribution in [0.15, 0.2) is 24.3 Å². The van der Waals surface area contributed by atoms with Crippen molar-refractivity contribution in [3.63, 3.8) is 0 Å². The molecule has 1 aliphatic rings. The molecular formula is C16H23ClN4O2. The number of rotatable bonds is 6. The Morgan fingerprint density at radius 3 is 2.78 bits per heavy atom. The lowest BCUT2D eigenvalue weighted by atomic mass is 10.3. The summed E-state index contributed by atoms with van der Waals surface area (Å²) in [7, 11) is 1.84. The molecule has 0 unspecified atom stereocenters. The molecule has 1 saturated heterocycles. The Bertz CT molecular complexity index is 547. The van der Waals surface area contributed by atoms with Crippen molar-refractivity contribution in [3.8, 4) is 0 Å². The standard InChI is InChI=1S/C16H23ClN4O2/c1-20(8-5-16(23)21-9-6-18-7-10-21)12-15(22)19-14-4-2-3-13(17)11-14/h2-4,11,18H,5-10,12H2,1H3,(H,19,22). The fourth-order valence-electron chi connectivity index (χ4n) is 2.45. The van der Waals surface area contributed by atoms with Gasteiger partial charge >= 0.3 is 0 Å². The zero-order valence-corrected chi connectivity index (χ0v) is 14.1. The van der Waals surface area contributed by atoms with Crippen molar-refractivity contribution in [3.05, 3.63) is 29.3 Å². The molecule has 0 spiro atoms. The Kier molecular flexibility index (Phi) is 6.83. The number of hydrogen-bond acceptors (Lipinski definition) is 4. The summed E-state index contributed by atoms with van der Waals surface area (Å²) in [6.07, 6.45) is 0.431. The highest BCUT2D eigenvalue weighted by Gasteiger charge is 2.16. The average molecular weight is 339 g/mol. The molecule has 1 aromatic rings. The second-order valence-corrected chi connectivity index (χ2v) is 6.11. The van der Waals surface area contributed by atoms with Crippen LogP contribution >= 0.6 is 11.6 Å². The van der Waals surface area contributed by atoms with Gasteiger partial charge in [-0.3, -0.25) is 14.5 Å². The second-order valence-electron chi connectivity index (χ2n) is 5.68. The number of carbonyl (C=O) groups excluding carboxylic acids is 2. The van der Waals surface area contributed by atoms with Gasteiger partial charge in [-0.25, -0.2) is 0 Å². The highest BCUT2D eigenvalue weighted by Crippen LogP contribution is 2.14. The Morgan fingerprint density at radius 2 is 2.09 bits per heavy atom. The third-order valence-corrected chi connectivity index (χ3v) is 3.93. The first-order chi connectivity index (χ1) is 11.0. The van der Waals surface area contributed by atoms with Gasteiger partial charge in [0.25, 0.3) is 0 Å². The number of nitrogens with zero attached hydrogens (tertiary/aromatic N) is 2. The van der Waals surface area contributed by atoms with Crippen LogP contribution in [0.3, 0.4) is 0 Å². The summed E-state index contributed by atoms with van der Waals surface area (Å²) in [5, 5.41) is 6.60. The van der Waals surface area contributed by atoms with Crippen molar-refractivity contribution >= 4 is 29.1 Å². The summed E-state index contributed by atoms with van der Waals surface area (Å²) in [5.74, 6) is 0.0259. The smallest absolute Gasteiger partial charge is 0.238 e. The third kappa shape index (κ3) is 6.17. The zero-order chi connectivity index (χ0) is 16.7. The third-order valence-electron chi connectivity index (χ3n) is 3.70. The van der Waals surface area contributed by atoms with Gasteiger partial charge in [-0.1, -0.05) is 17.7 Å². The first-order valence-electron chi connectivity index (χ1n) is 7.77. The van der Waals surface area contributed by atoms with Crippen LogP contribution in [0.2, 0.25) is 5.02 Å². The maximum atomic E-state index is 12.1. The van der Waals surface area contributed by atoms with Gasteiger partial charge in [-0.15, -0.1) is 0 Å². The molecule has 2 amide bonds. The van der Waals surface area contributed by atoms with E-state index in [1.165, 1.54) is 0 Å². The fourth-order valence-corrected chi connectivity index (χ4v) is 2.64. The maximum absolute atomic E-state index is 12.1. The van der Waals surface area contributed by atoms with Gasteiger partial charge in [0.2, 0.25) is 11.8 Å². The van der Waals surface area contributed by atoms with E-state index in [1.54, 1.807) is 24.3 Å². The molecule has 1 aliphatic heterocycles. The summed E-state index contributed by atoms with van der Waals surface area (Å²) < 4.78 is 0. The van der Waals surface area contributed by atoms with E-state index in [4.69, 9.17) is 11.6 Å². The number of carbonyl (C=O) groups is 2. The summed E-state index contributed by atoms with van der Waals surface area (Å²) >= 11 is 5.88. The summed E-state index contributed by atoms with van der Waals surface area (Å²) in [5.41, 5.74) is 0.674. The Hall–Kier alpha value is -1.63. The van der Waals surface area contributed by atoms with Crippen LogP contribution in [-0.4, -0.2) is 67.9 Å². The number of anilines is 1. The number of amides is 2. The van der Waals surface area contributed by atoms with Crippen LogP contribution in [0.1, 0.15) is 6.42 Å². The van der Waals surface area contributed by atoms with E-state index < -0.39 is 0 Å². The highest BCUT2D eigenvalue weighted by molar-refractivity contribution is 6.30. The van der Waals surface area contributed by atoms with Crippen LogP contribution in [0.25, 0.3) is 0 Å². The molecule has 0 bridgehead atoms. The molecule has 0 atom stereocenters. The van der Waals surface area contributed by atoms with Gasteiger partial charge in [-0.2, -0.15) is 0 Å². The number of hydrogen-bond donors (Lipinski definition) is 2. The van der Waals surface area contributed by atoms with E-state index in [2.05, 4.69) is 10.6 Å². The van der Waals surface area contributed by atoms with Gasteiger partial charge in [0.1, 0.15) is 0 Å². The first-order valence-corrected chi connectivity index (χ1v) is 8.15. The zero-order valence-electron chi connectivity index (χ0n) is 13.3. The number of nitrogens with one attached hydrogen (secondary N) is 2. The number of halogens is 1. The van der Waals surface area contributed by atoms with Crippen molar-refractivity contribution in [2.45, 2.75) is 6.42 Å². The number of benzene rings is 1. The molecule has 1 heterocycles. The van der Waals surface area contributed by atoms with Crippen molar-refractivity contribution in [1.29, 1.82) is 0 Å². The maximum Gasteiger partial charge on any atom is 0.238 e. The Morgan fingerprint density at radius 1 is 1.35 bits per heavy atom. The number of likely N-dealkylation sites (N-methyl/N-ethyl adjacent to an activating group) is 1. The molecule has 6 nitrogen and oxygen atoms in total. The van der Waals surface area contributed by atoms with Crippen molar-refractivity contribution < 1.29 is 9.59 Å². The van der Waals surface area contributed by atoms with E-state index in [9.17, 15) is 9.59 Å². The normalized spacial score (nSPS) is 14.8. The quantitative estimate of drug-likeness (QED) is 0.813. The fraction of sp³-hybridized carbons (Fsp3) is 0.500. The van der Waals surface area contributed by atoms with Crippen LogP contribution in [0.4, 0.5) is 5.69 Å². The molecule has 0 saturated carbocycles. The van der Waals surface area contributed by atoms with Crippen LogP contribution in [0.5, 0.6) is 0 Å². The van der Waals surface area contributed by atoms with Gasteiger partial charge in [0.15, 0.2) is 0 Å². The Balaban J connectivity index is 1.70. The summed E-state index contributed by atoms with van der Waals surface area (Å²) in [6, 6.07) is 7.03. The lowest BCUT2D eigenvalue weighted by Crippen LogP contribution is -2.47. The van der Waals surface area contributed by atoms with Crippen LogP contribution in [-0.2, 0) is 9.59 Å². The molecular weight excluding hydrogens is 316 g/mol. The molecule has 0 aliphatic carbocycles. The largest absolute Gasteiger partial charge is 0.340 e. The van der Waals surface area contributed by atoms with Crippen molar-refractivity contribution in [2.24, 2.45) is 0 Å². The predicted octanol–water partition coefficient (Wildman–Crippen LogP) is 1.03. The minimum Gasteiger partial charge on any atom is -0.340 e. The molecule has 2 rings (SSSR count). The molecule has 7 heteroatoms. The topological polar surface area (TPSA) is 64.7 Å². The molecule has 2 N–H and O–H groups in total. The van der Waals surface area contributed by atoms with E-state index in [1.807, 2.05) is 16.8 Å². The minimum atomic E-state index is -0.121. The van der Waals surface area contributed by atoms with Crippen molar-refractivity contribution in [1.82, 2.24) is 15.1 Å².